The lowest BCUT2D eigenvalue weighted by Crippen LogP contribution is -2.05. The molecule has 0 aliphatic carbocycles. The van der Waals surface area contributed by atoms with Crippen LogP contribution in [0.2, 0.25) is 0 Å². The van der Waals surface area contributed by atoms with Crippen molar-refractivity contribution in [1.82, 2.24) is 4.98 Å². The molecule has 0 radical (unpaired) electrons. The minimum absolute atomic E-state index is 0.0262. The van der Waals surface area contributed by atoms with E-state index < -0.39 is 38.1 Å². The van der Waals surface area contributed by atoms with Crippen LogP contribution in [-0.4, -0.2) is 19.7 Å². The first-order chi connectivity index (χ1) is 13.0. The molecule has 0 aliphatic heterocycles. The summed E-state index contributed by atoms with van der Waals surface area (Å²) in [6.45, 7) is 0. The Hall–Kier alpha value is -2.81. The number of alkyl halides is 3. The quantitative estimate of drug-likeness (QED) is 0.561. The molecule has 0 fully saturated rings. The fourth-order valence-electron chi connectivity index (χ4n) is 2.74. The summed E-state index contributed by atoms with van der Waals surface area (Å²) in [4.78, 5) is 3.02. The number of hydrogen-bond donors (Lipinski definition) is 0. The van der Waals surface area contributed by atoms with Crippen molar-refractivity contribution in [1.29, 1.82) is 0 Å². The second-order valence-corrected chi connectivity index (χ2v) is 8.02. The molecule has 0 saturated carbocycles. The van der Waals surface area contributed by atoms with Crippen LogP contribution in [0, 0.1) is 11.6 Å². The van der Waals surface area contributed by atoms with Gasteiger partial charge in [0.15, 0.2) is 9.84 Å². The average Bonchev–Trinajstić information content (AvgIpc) is 2.62. The Morgan fingerprint density at radius 3 is 2.25 bits per heavy atom. The second kappa shape index (κ2) is 6.97. The highest BCUT2D eigenvalue weighted by atomic mass is 32.2. The van der Waals surface area contributed by atoms with Crippen LogP contribution in [0.1, 0.15) is 5.56 Å². The molecule has 0 N–H and O–H groups in total. The van der Waals surface area contributed by atoms with Gasteiger partial charge < -0.3 is 0 Å². The molecule has 3 nitrogen and oxygen atoms in total. The maximum atomic E-state index is 14.6. The van der Waals surface area contributed by atoms with E-state index in [1.807, 2.05) is 0 Å². The largest absolute Gasteiger partial charge is 0.416 e. The first kappa shape index (κ1) is 19.9. The maximum absolute atomic E-state index is 14.6. The topological polar surface area (TPSA) is 47.0 Å². The van der Waals surface area contributed by atoms with E-state index in [4.69, 9.17) is 0 Å². The highest BCUT2D eigenvalue weighted by Gasteiger charge is 2.30. The van der Waals surface area contributed by atoms with E-state index >= 15 is 0 Å². The number of aromatic nitrogens is 1. The van der Waals surface area contributed by atoms with Crippen molar-refractivity contribution in [3.8, 4) is 22.3 Å². The molecule has 3 aromatic rings. The van der Waals surface area contributed by atoms with Gasteiger partial charge >= 0.3 is 6.18 Å². The Morgan fingerprint density at radius 1 is 0.893 bits per heavy atom. The van der Waals surface area contributed by atoms with Gasteiger partial charge in [0.25, 0.3) is 0 Å². The number of hydrogen-bond acceptors (Lipinski definition) is 3. The smallest absolute Gasteiger partial charge is 0.264 e. The lowest BCUT2D eigenvalue weighted by Gasteiger charge is -2.13. The molecule has 0 atom stereocenters. The minimum Gasteiger partial charge on any atom is -0.264 e. The zero-order valence-corrected chi connectivity index (χ0v) is 15.1. The van der Waals surface area contributed by atoms with E-state index in [1.54, 1.807) is 0 Å². The summed E-state index contributed by atoms with van der Waals surface area (Å²) >= 11 is 0. The van der Waals surface area contributed by atoms with Gasteiger partial charge in [-0.2, -0.15) is 13.2 Å². The van der Waals surface area contributed by atoms with Crippen LogP contribution in [0.15, 0.2) is 59.8 Å². The summed E-state index contributed by atoms with van der Waals surface area (Å²) in [5.41, 5.74) is -0.874. The van der Waals surface area contributed by atoms with E-state index in [9.17, 15) is 30.4 Å². The van der Waals surface area contributed by atoms with Crippen LogP contribution in [0.4, 0.5) is 22.0 Å². The average molecular weight is 413 g/mol. The van der Waals surface area contributed by atoms with E-state index in [-0.39, 0.29) is 22.3 Å². The van der Waals surface area contributed by atoms with E-state index in [0.29, 0.717) is 12.1 Å². The predicted molar refractivity (Wildman–Crippen MR) is 93.1 cm³/mol. The van der Waals surface area contributed by atoms with Crippen molar-refractivity contribution in [2.75, 3.05) is 6.26 Å². The van der Waals surface area contributed by atoms with Crippen LogP contribution < -0.4 is 0 Å². The van der Waals surface area contributed by atoms with Crippen molar-refractivity contribution in [3.05, 3.63) is 72.1 Å². The normalized spacial score (nSPS) is 12.2. The number of rotatable bonds is 3. The second-order valence-electron chi connectivity index (χ2n) is 6.03. The summed E-state index contributed by atoms with van der Waals surface area (Å²) in [5.74, 6) is -2.21. The van der Waals surface area contributed by atoms with Crippen molar-refractivity contribution in [3.63, 3.8) is 0 Å². The highest BCUT2D eigenvalue weighted by Crippen LogP contribution is 2.37. The van der Waals surface area contributed by atoms with Gasteiger partial charge in [-0.25, -0.2) is 17.2 Å². The molecule has 1 aromatic heterocycles. The monoisotopic (exact) mass is 413 g/mol. The number of sulfone groups is 1. The molecule has 0 bridgehead atoms. The Balaban J connectivity index is 2.21. The molecule has 0 unspecified atom stereocenters. The van der Waals surface area contributed by atoms with Crippen LogP contribution in [0.3, 0.4) is 0 Å². The lowest BCUT2D eigenvalue weighted by atomic mass is 9.95. The molecular weight excluding hydrogens is 401 g/mol. The Kier molecular flexibility index (Phi) is 4.97. The zero-order chi connectivity index (χ0) is 20.7. The van der Waals surface area contributed by atoms with Gasteiger partial charge in [-0.15, -0.1) is 0 Å². The summed E-state index contributed by atoms with van der Waals surface area (Å²) in [6, 6.07) is 6.98. The first-order valence-electron chi connectivity index (χ1n) is 7.79. The predicted octanol–water partition coefficient (Wildman–Crippen LogP) is 5.12. The number of halogens is 5. The molecule has 3 rings (SSSR count). The third-order valence-electron chi connectivity index (χ3n) is 4.03. The molecule has 28 heavy (non-hydrogen) atoms. The molecule has 1 heterocycles. The van der Waals surface area contributed by atoms with Crippen molar-refractivity contribution < 1.29 is 30.4 Å². The van der Waals surface area contributed by atoms with Gasteiger partial charge in [0.1, 0.15) is 16.5 Å². The highest BCUT2D eigenvalue weighted by molar-refractivity contribution is 7.90. The van der Waals surface area contributed by atoms with Gasteiger partial charge in [-0.05, 0) is 41.5 Å². The SMILES string of the molecule is CS(=O)(=O)c1cc(F)c(-c2cnccc2-c2cccc(C(F)(F)F)c2)cc1F. The summed E-state index contributed by atoms with van der Waals surface area (Å²) in [5, 5.41) is 0. The van der Waals surface area contributed by atoms with Gasteiger partial charge in [-0.3, -0.25) is 4.98 Å². The van der Waals surface area contributed by atoms with Gasteiger partial charge in [0, 0.05) is 29.8 Å². The first-order valence-corrected chi connectivity index (χ1v) is 9.69. The Bertz CT molecular complexity index is 1160. The van der Waals surface area contributed by atoms with E-state index in [1.165, 1.54) is 30.6 Å². The van der Waals surface area contributed by atoms with Crippen molar-refractivity contribution >= 4 is 9.84 Å². The third-order valence-corrected chi connectivity index (χ3v) is 5.14. The van der Waals surface area contributed by atoms with Crippen LogP contribution in [0.5, 0.6) is 0 Å². The minimum atomic E-state index is -4.57. The van der Waals surface area contributed by atoms with E-state index in [0.717, 1.165) is 18.4 Å². The van der Waals surface area contributed by atoms with Crippen LogP contribution in [-0.2, 0) is 16.0 Å². The van der Waals surface area contributed by atoms with Gasteiger partial charge in [0.2, 0.25) is 0 Å². The maximum Gasteiger partial charge on any atom is 0.416 e. The van der Waals surface area contributed by atoms with Gasteiger partial charge in [0.05, 0.1) is 5.56 Å². The standard InChI is InChI=1S/C19H12F5NO2S/c1-28(26,27)18-9-16(20)14(8-17(18)21)15-10-25-6-5-13(15)11-3-2-4-12(7-11)19(22,23)24/h2-10H,1H3. The molecule has 0 saturated heterocycles. The molecule has 146 valence electrons. The summed E-state index contributed by atoms with van der Waals surface area (Å²) in [6.07, 6.45) is -1.36. The summed E-state index contributed by atoms with van der Waals surface area (Å²) in [7, 11) is -3.99. The Labute approximate surface area is 157 Å². The lowest BCUT2D eigenvalue weighted by molar-refractivity contribution is -0.137. The van der Waals surface area contributed by atoms with Gasteiger partial charge in [-0.1, -0.05) is 12.1 Å². The van der Waals surface area contributed by atoms with Crippen molar-refractivity contribution in [2.45, 2.75) is 11.1 Å². The Morgan fingerprint density at radius 2 is 1.61 bits per heavy atom. The fourth-order valence-corrected chi connectivity index (χ4v) is 3.47. The van der Waals surface area contributed by atoms with Crippen LogP contribution in [0.25, 0.3) is 22.3 Å². The number of pyridine rings is 1. The molecular formula is C19H12F5NO2S. The molecule has 9 heteroatoms. The van der Waals surface area contributed by atoms with E-state index in [2.05, 4.69) is 4.98 Å². The molecule has 2 aromatic carbocycles. The number of benzene rings is 2. The molecule has 0 amide bonds. The van der Waals surface area contributed by atoms with Crippen molar-refractivity contribution in [2.24, 2.45) is 0 Å². The van der Waals surface area contributed by atoms with Crippen LogP contribution >= 0.6 is 0 Å². The zero-order valence-electron chi connectivity index (χ0n) is 14.3. The molecule has 0 aliphatic rings. The number of nitrogens with zero attached hydrogens (tertiary/aromatic N) is 1. The fraction of sp³-hybridized carbons (Fsp3) is 0.105. The third kappa shape index (κ3) is 3.89. The molecule has 0 spiro atoms. The summed E-state index contributed by atoms with van der Waals surface area (Å²) < 4.78 is 90.9.